The molecular weight excluding hydrogens is 456 g/mol. The molecule has 0 amide bonds. The molecule has 0 atom stereocenters. The van der Waals surface area contributed by atoms with Crippen molar-refractivity contribution in [3.8, 4) is 11.3 Å². The highest BCUT2D eigenvalue weighted by atomic mass is 35.5. The minimum atomic E-state index is -3.29. The molecule has 1 aliphatic rings. The summed E-state index contributed by atoms with van der Waals surface area (Å²) in [5.41, 5.74) is 2.53. The number of pyridine rings is 1. The van der Waals surface area contributed by atoms with Gasteiger partial charge in [-0.05, 0) is 36.0 Å². The first kappa shape index (κ1) is 24.0. The van der Waals surface area contributed by atoms with Gasteiger partial charge in [-0.25, -0.2) is 18.1 Å². The van der Waals surface area contributed by atoms with Crippen molar-refractivity contribution in [3.05, 3.63) is 59.1 Å². The monoisotopic (exact) mass is 486 g/mol. The molecule has 4 rings (SSSR count). The van der Waals surface area contributed by atoms with Crippen LogP contribution in [0.4, 0.5) is 5.82 Å². The second-order valence-electron chi connectivity index (χ2n) is 8.42. The summed E-state index contributed by atoms with van der Waals surface area (Å²) in [5, 5.41) is 2.82. The Bertz CT molecular complexity index is 1220. The third-order valence-corrected chi connectivity index (χ3v) is 8.03. The summed E-state index contributed by atoms with van der Waals surface area (Å²) in [4.78, 5) is 9.89. The van der Waals surface area contributed by atoms with Crippen LogP contribution in [0, 0.1) is 0 Å². The molecule has 2 heterocycles. The molecule has 8 heteroatoms. The predicted molar refractivity (Wildman–Crippen MR) is 137 cm³/mol. The van der Waals surface area contributed by atoms with Crippen LogP contribution in [0.25, 0.3) is 22.0 Å². The number of aromatic nitrogens is 1. The first-order chi connectivity index (χ1) is 15.9. The number of rotatable bonds is 8. The quantitative estimate of drug-likeness (QED) is 0.507. The standard InChI is InChI=1S/C25H31ClN4O2S/c1-3-15-33(31,32)27-18-21-10-9-20(16-23(21)26)24-17-19-7-5-6-8-22(19)25(28-24)30-13-11-29(4-2)12-14-30/h5-10,16-17,27H,3-4,11-15,18H2,1-2H3. The molecule has 3 aromatic rings. The molecule has 1 aliphatic heterocycles. The Morgan fingerprint density at radius 2 is 1.79 bits per heavy atom. The van der Waals surface area contributed by atoms with Crippen molar-refractivity contribution in [3.63, 3.8) is 0 Å². The van der Waals surface area contributed by atoms with Gasteiger partial charge < -0.3 is 9.80 Å². The lowest BCUT2D eigenvalue weighted by atomic mass is 10.0. The molecule has 33 heavy (non-hydrogen) atoms. The lowest BCUT2D eigenvalue weighted by Gasteiger charge is -2.35. The maximum absolute atomic E-state index is 12.0. The molecule has 1 fully saturated rings. The number of sulfonamides is 1. The van der Waals surface area contributed by atoms with Gasteiger partial charge in [0.15, 0.2) is 0 Å². The fraction of sp³-hybridized carbons (Fsp3) is 0.400. The first-order valence-electron chi connectivity index (χ1n) is 11.5. The van der Waals surface area contributed by atoms with Crippen LogP contribution >= 0.6 is 11.6 Å². The molecule has 6 nitrogen and oxygen atoms in total. The number of hydrogen-bond acceptors (Lipinski definition) is 5. The molecule has 1 N–H and O–H groups in total. The van der Waals surface area contributed by atoms with Crippen LogP contribution in [0.2, 0.25) is 5.02 Å². The zero-order valence-corrected chi connectivity index (χ0v) is 20.8. The van der Waals surface area contributed by atoms with E-state index in [-0.39, 0.29) is 12.3 Å². The molecule has 2 aromatic carbocycles. The fourth-order valence-corrected chi connectivity index (χ4v) is 5.53. The highest BCUT2D eigenvalue weighted by Crippen LogP contribution is 2.32. The smallest absolute Gasteiger partial charge is 0.211 e. The van der Waals surface area contributed by atoms with E-state index in [1.54, 1.807) is 0 Å². The largest absolute Gasteiger partial charge is 0.354 e. The minimum absolute atomic E-state index is 0.110. The third kappa shape index (κ3) is 5.66. The summed E-state index contributed by atoms with van der Waals surface area (Å²) in [6.07, 6.45) is 0.575. The first-order valence-corrected chi connectivity index (χ1v) is 13.6. The zero-order valence-electron chi connectivity index (χ0n) is 19.2. The van der Waals surface area contributed by atoms with E-state index in [1.807, 2.05) is 31.2 Å². The maximum Gasteiger partial charge on any atom is 0.211 e. The van der Waals surface area contributed by atoms with Crippen LogP contribution in [0.3, 0.4) is 0 Å². The zero-order chi connectivity index (χ0) is 23.4. The summed E-state index contributed by atoms with van der Waals surface area (Å²) in [6, 6.07) is 16.2. The number of halogens is 1. The van der Waals surface area contributed by atoms with Crippen LogP contribution in [0.1, 0.15) is 25.8 Å². The predicted octanol–water partition coefficient (Wildman–Crippen LogP) is 4.53. The van der Waals surface area contributed by atoms with Crippen molar-refractivity contribution in [1.82, 2.24) is 14.6 Å². The molecule has 1 aromatic heterocycles. The van der Waals surface area contributed by atoms with E-state index in [1.165, 1.54) is 0 Å². The van der Waals surface area contributed by atoms with E-state index in [0.29, 0.717) is 11.4 Å². The number of fused-ring (bicyclic) bond motifs is 1. The lowest BCUT2D eigenvalue weighted by Crippen LogP contribution is -2.46. The Kier molecular flexibility index (Phi) is 7.54. The Morgan fingerprint density at radius 1 is 1.03 bits per heavy atom. The van der Waals surface area contributed by atoms with Gasteiger partial charge in [0.1, 0.15) is 5.82 Å². The van der Waals surface area contributed by atoms with Gasteiger partial charge in [-0.15, -0.1) is 0 Å². The molecule has 0 spiro atoms. The number of nitrogens with zero attached hydrogens (tertiary/aromatic N) is 3. The topological polar surface area (TPSA) is 65.5 Å². The van der Waals surface area contributed by atoms with Crippen LogP contribution in [0.5, 0.6) is 0 Å². The summed E-state index contributed by atoms with van der Waals surface area (Å²) in [5.74, 6) is 1.12. The normalized spacial score (nSPS) is 15.3. The van der Waals surface area contributed by atoms with E-state index in [2.05, 4.69) is 45.7 Å². The minimum Gasteiger partial charge on any atom is -0.354 e. The third-order valence-electron chi connectivity index (χ3n) is 6.14. The van der Waals surface area contributed by atoms with Crippen LogP contribution in [-0.2, 0) is 16.6 Å². The van der Waals surface area contributed by atoms with Crippen molar-refractivity contribution < 1.29 is 8.42 Å². The molecule has 1 saturated heterocycles. The molecular formula is C25H31ClN4O2S. The van der Waals surface area contributed by atoms with Crippen LogP contribution in [0.15, 0.2) is 48.5 Å². The van der Waals surface area contributed by atoms with Gasteiger partial charge in [0, 0.05) is 48.7 Å². The average molecular weight is 487 g/mol. The number of hydrogen-bond donors (Lipinski definition) is 1. The highest BCUT2D eigenvalue weighted by Gasteiger charge is 2.20. The van der Waals surface area contributed by atoms with Gasteiger partial charge in [-0.1, -0.05) is 61.8 Å². The molecule has 176 valence electrons. The van der Waals surface area contributed by atoms with Gasteiger partial charge in [0.25, 0.3) is 0 Å². The van der Waals surface area contributed by atoms with Gasteiger partial charge in [0.2, 0.25) is 10.0 Å². The Labute approximate surface area is 201 Å². The summed E-state index contributed by atoms with van der Waals surface area (Å²) < 4.78 is 26.6. The van der Waals surface area contributed by atoms with E-state index in [4.69, 9.17) is 16.6 Å². The molecule has 0 radical (unpaired) electrons. The van der Waals surface area contributed by atoms with E-state index < -0.39 is 10.0 Å². The molecule has 0 unspecified atom stereocenters. The summed E-state index contributed by atoms with van der Waals surface area (Å²) in [6.45, 7) is 9.26. The van der Waals surface area contributed by atoms with Crippen molar-refractivity contribution >= 4 is 38.2 Å². The average Bonchev–Trinajstić information content (AvgIpc) is 2.82. The highest BCUT2D eigenvalue weighted by molar-refractivity contribution is 7.89. The molecule has 0 bridgehead atoms. The number of piperazine rings is 1. The van der Waals surface area contributed by atoms with Crippen LogP contribution in [-0.4, -0.2) is 56.8 Å². The van der Waals surface area contributed by atoms with Gasteiger partial charge in [0.05, 0.1) is 11.4 Å². The second kappa shape index (κ2) is 10.4. The summed E-state index contributed by atoms with van der Waals surface area (Å²) in [7, 11) is -3.29. The van der Waals surface area contributed by atoms with Crippen molar-refractivity contribution in [1.29, 1.82) is 0 Å². The van der Waals surface area contributed by atoms with Gasteiger partial charge in [-0.2, -0.15) is 0 Å². The maximum atomic E-state index is 12.0. The molecule has 0 aliphatic carbocycles. The van der Waals surface area contributed by atoms with Crippen LogP contribution < -0.4 is 9.62 Å². The Hall–Kier alpha value is -2.19. The van der Waals surface area contributed by atoms with Crippen molar-refractivity contribution in [2.45, 2.75) is 26.8 Å². The Balaban J connectivity index is 1.64. The SMILES string of the molecule is CCCS(=O)(=O)NCc1ccc(-c2cc3ccccc3c(N3CCN(CC)CC3)n2)cc1Cl. The number of benzene rings is 2. The Morgan fingerprint density at radius 3 is 2.48 bits per heavy atom. The fourth-order valence-electron chi connectivity index (χ4n) is 4.22. The van der Waals surface area contributed by atoms with Crippen molar-refractivity contribution in [2.24, 2.45) is 0 Å². The number of nitrogens with one attached hydrogen (secondary N) is 1. The second-order valence-corrected chi connectivity index (χ2v) is 10.8. The van der Waals surface area contributed by atoms with E-state index >= 15 is 0 Å². The van der Waals surface area contributed by atoms with E-state index in [9.17, 15) is 8.42 Å². The summed E-state index contributed by atoms with van der Waals surface area (Å²) >= 11 is 6.55. The number of likely N-dealkylation sites (N-methyl/N-ethyl adjacent to an activating group) is 1. The van der Waals surface area contributed by atoms with Gasteiger partial charge in [-0.3, -0.25) is 0 Å². The van der Waals surface area contributed by atoms with Gasteiger partial charge >= 0.3 is 0 Å². The molecule has 0 saturated carbocycles. The van der Waals surface area contributed by atoms with E-state index in [0.717, 1.165) is 66.1 Å². The lowest BCUT2D eigenvalue weighted by molar-refractivity contribution is 0.271. The number of anilines is 1. The van der Waals surface area contributed by atoms with Crippen molar-refractivity contribution in [2.75, 3.05) is 43.4 Å².